The summed E-state index contributed by atoms with van der Waals surface area (Å²) in [6.07, 6.45) is -3.36. The van der Waals surface area contributed by atoms with Crippen molar-refractivity contribution >= 4 is 11.8 Å². The van der Waals surface area contributed by atoms with Gasteiger partial charge in [0.15, 0.2) is 5.16 Å². The van der Waals surface area contributed by atoms with Crippen LogP contribution in [-0.4, -0.2) is 22.6 Å². The lowest BCUT2D eigenvalue weighted by Crippen LogP contribution is -2.17. The molecule has 0 fully saturated rings. The molecule has 2 rings (SSSR count). The van der Waals surface area contributed by atoms with Crippen molar-refractivity contribution < 1.29 is 22.3 Å². The van der Waals surface area contributed by atoms with E-state index in [1.54, 1.807) is 12.3 Å². The fourth-order valence-corrected chi connectivity index (χ4v) is 2.11. The first kappa shape index (κ1) is 16.8. The van der Waals surface area contributed by atoms with E-state index < -0.39 is 29.1 Å². The molecule has 0 saturated carbocycles. The Bertz CT molecular complexity index is 843. The molecule has 0 spiro atoms. The van der Waals surface area contributed by atoms with Gasteiger partial charge in [-0.15, -0.1) is 13.2 Å². The smallest absolute Gasteiger partial charge is 0.406 e. The highest BCUT2D eigenvalue weighted by Crippen LogP contribution is 2.29. The number of hydrogen-bond acceptors (Lipinski definition) is 5. The second-order valence-corrected chi connectivity index (χ2v) is 4.90. The normalized spacial score (nSPS) is 11.1. The van der Waals surface area contributed by atoms with Gasteiger partial charge in [-0.05, 0) is 18.4 Å². The highest BCUT2D eigenvalue weighted by molar-refractivity contribution is 7.98. The Kier molecular flexibility index (Phi) is 4.60. The molecule has 5 nitrogen and oxygen atoms in total. The van der Waals surface area contributed by atoms with E-state index in [0.29, 0.717) is 6.07 Å². The van der Waals surface area contributed by atoms with Gasteiger partial charge in [0, 0.05) is 11.6 Å². The largest absolute Gasteiger partial charge is 0.573 e. The van der Waals surface area contributed by atoms with Crippen LogP contribution in [0.1, 0.15) is 5.56 Å². The Morgan fingerprint density at radius 1 is 1.39 bits per heavy atom. The van der Waals surface area contributed by atoms with Crippen LogP contribution in [0.2, 0.25) is 0 Å². The third kappa shape index (κ3) is 3.81. The Hall–Kier alpha value is -2.54. The molecule has 0 aliphatic carbocycles. The molecular weight excluding hydrogens is 338 g/mol. The van der Waals surface area contributed by atoms with Crippen molar-refractivity contribution in [1.82, 2.24) is 9.97 Å². The number of hydrogen-bond donors (Lipinski definition) is 1. The summed E-state index contributed by atoms with van der Waals surface area (Å²) in [5, 5.41) is 9.15. The summed E-state index contributed by atoms with van der Waals surface area (Å²) in [6.45, 7) is 0. The number of nitrogens with one attached hydrogen (secondary N) is 1. The number of H-pyrrole nitrogens is 1. The van der Waals surface area contributed by atoms with E-state index in [4.69, 9.17) is 5.26 Å². The van der Waals surface area contributed by atoms with Gasteiger partial charge in [-0.3, -0.25) is 4.79 Å². The van der Waals surface area contributed by atoms with Crippen LogP contribution in [0, 0.1) is 17.1 Å². The van der Waals surface area contributed by atoms with Gasteiger partial charge in [-0.1, -0.05) is 11.8 Å². The van der Waals surface area contributed by atoms with Gasteiger partial charge in [0.25, 0.3) is 5.56 Å². The number of alkyl halides is 3. The summed E-state index contributed by atoms with van der Waals surface area (Å²) in [7, 11) is 0. The minimum Gasteiger partial charge on any atom is -0.406 e. The minimum absolute atomic E-state index is 0.138. The maximum Gasteiger partial charge on any atom is 0.573 e. The molecule has 1 aromatic carbocycles. The van der Waals surface area contributed by atoms with E-state index >= 15 is 0 Å². The molecular formula is C13H7F4N3O2S. The van der Waals surface area contributed by atoms with Gasteiger partial charge in [-0.25, -0.2) is 9.37 Å². The van der Waals surface area contributed by atoms with Crippen LogP contribution in [0.5, 0.6) is 5.75 Å². The lowest BCUT2D eigenvalue weighted by molar-refractivity contribution is -0.274. The fraction of sp³-hybridized carbons (Fsp3) is 0.154. The number of thioether (sulfide) groups is 1. The van der Waals surface area contributed by atoms with Crippen molar-refractivity contribution in [2.24, 2.45) is 0 Å². The van der Waals surface area contributed by atoms with Crippen LogP contribution in [0.3, 0.4) is 0 Å². The van der Waals surface area contributed by atoms with Crippen LogP contribution in [0.25, 0.3) is 11.3 Å². The Labute approximate surface area is 130 Å². The van der Waals surface area contributed by atoms with Gasteiger partial charge in [-0.2, -0.15) is 5.26 Å². The summed E-state index contributed by atoms with van der Waals surface area (Å²) in [5.74, 6) is -1.86. The maximum atomic E-state index is 14.1. The third-order valence-corrected chi connectivity index (χ3v) is 3.21. The van der Waals surface area contributed by atoms with Gasteiger partial charge in [0.1, 0.15) is 23.2 Å². The van der Waals surface area contributed by atoms with Crippen LogP contribution in [0.15, 0.2) is 28.2 Å². The second kappa shape index (κ2) is 6.29. The first-order valence-corrected chi connectivity index (χ1v) is 7.11. The number of halogens is 4. The number of rotatable bonds is 3. The van der Waals surface area contributed by atoms with Gasteiger partial charge >= 0.3 is 6.36 Å². The van der Waals surface area contributed by atoms with E-state index in [0.717, 1.165) is 23.9 Å². The lowest BCUT2D eigenvalue weighted by Gasteiger charge is -2.11. The number of nitriles is 1. The van der Waals surface area contributed by atoms with Crippen LogP contribution in [0.4, 0.5) is 17.6 Å². The molecule has 2 aromatic rings. The molecule has 10 heteroatoms. The van der Waals surface area contributed by atoms with Gasteiger partial charge in [0.2, 0.25) is 0 Å². The zero-order chi connectivity index (χ0) is 17.2. The number of aromatic nitrogens is 2. The fourth-order valence-electron chi connectivity index (χ4n) is 1.73. The zero-order valence-corrected chi connectivity index (χ0v) is 12.2. The van der Waals surface area contributed by atoms with Crippen LogP contribution in [-0.2, 0) is 0 Å². The number of ether oxygens (including phenoxy) is 1. The molecule has 1 N–H and O–H groups in total. The zero-order valence-electron chi connectivity index (χ0n) is 11.4. The van der Waals surface area contributed by atoms with E-state index in [9.17, 15) is 22.4 Å². The Morgan fingerprint density at radius 2 is 2.09 bits per heavy atom. The molecule has 0 atom stereocenters. The van der Waals surface area contributed by atoms with Crippen molar-refractivity contribution in [2.45, 2.75) is 11.5 Å². The SMILES string of the molecule is CSc1nc(-c2ccc(OC(F)(F)F)cc2F)c(C#N)c(=O)[nH]1. The van der Waals surface area contributed by atoms with Crippen molar-refractivity contribution in [3.63, 3.8) is 0 Å². The summed E-state index contributed by atoms with van der Waals surface area (Å²) >= 11 is 1.06. The first-order chi connectivity index (χ1) is 10.7. The van der Waals surface area contributed by atoms with E-state index in [2.05, 4.69) is 14.7 Å². The molecule has 0 radical (unpaired) electrons. The van der Waals surface area contributed by atoms with E-state index in [1.807, 2.05) is 0 Å². The Balaban J connectivity index is 2.57. The monoisotopic (exact) mass is 345 g/mol. The summed E-state index contributed by atoms with van der Waals surface area (Å²) in [6, 6.07) is 3.94. The molecule has 23 heavy (non-hydrogen) atoms. The number of nitrogens with zero attached hydrogens (tertiary/aromatic N) is 2. The predicted octanol–water partition coefficient (Wildman–Crippen LogP) is 3.07. The van der Waals surface area contributed by atoms with Crippen molar-refractivity contribution in [3.05, 3.63) is 39.9 Å². The first-order valence-electron chi connectivity index (χ1n) is 5.89. The second-order valence-electron chi connectivity index (χ2n) is 4.10. The quantitative estimate of drug-likeness (QED) is 0.525. The molecule has 0 amide bonds. The molecule has 0 saturated heterocycles. The van der Waals surface area contributed by atoms with Crippen molar-refractivity contribution in [3.8, 4) is 23.1 Å². The standard InChI is InChI=1S/C13H7F4N3O2S/c1-23-12-19-10(8(5-18)11(21)20-12)7-3-2-6(4-9(7)14)22-13(15,16)17/h2-4H,1H3,(H,19,20,21). The Morgan fingerprint density at radius 3 is 2.61 bits per heavy atom. The van der Waals surface area contributed by atoms with Crippen LogP contribution >= 0.6 is 11.8 Å². The van der Waals surface area contributed by atoms with Gasteiger partial charge < -0.3 is 9.72 Å². The lowest BCUT2D eigenvalue weighted by atomic mass is 10.1. The molecule has 0 aliphatic rings. The van der Waals surface area contributed by atoms with E-state index in [-0.39, 0.29) is 16.4 Å². The minimum atomic E-state index is -4.96. The molecule has 1 aromatic heterocycles. The van der Waals surface area contributed by atoms with Gasteiger partial charge in [0.05, 0.1) is 5.69 Å². The van der Waals surface area contributed by atoms with E-state index in [1.165, 1.54) is 0 Å². The highest BCUT2D eigenvalue weighted by Gasteiger charge is 2.31. The maximum absolute atomic E-state index is 14.1. The number of benzene rings is 1. The summed E-state index contributed by atoms with van der Waals surface area (Å²) < 4.78 is 54.0. The van der Waals surface area contributed by atoms with Crippen molar-refractivity contribution in [1.29, 1.82) is 5.26 Å². The summed E-state index contributed by atoms with van der Waals surface area (Å²) in [4.78, 5) is 18.0. The highest BCUT2D eigenvalue weighted by atomic mass is 32.2. The number of aromatic amines is 1. The predicted molar refractivity (Wildman–Crippen MR) is 73.4 cm³/mol. The third-order valence-electron chi connectivity index (χ3n) is 2.63. The molecule has 120 valence electrons. The molecule has 0 bridgehead atoms. The molecule has 1 heterocycles. The summed E-state index contributed by atoms with van der Waals surface area (Å²) in [5.41, 5.74) is -1.74. The van der Waals surface area contributed by atoms with Crippen LogP contribution < -0.4 is 10.3 Å². The topological polar surface area (TPSA) is 78.8 Å². The molecule has 0 aliphatic heterocycles. The average Bonchev–Trinajstić information content (AvgIpc) is 2.44. The average molecular weight is 345 g/mol. The molecule has 0 unspecified atom stereocenters. The van der Waals surface area contributed by atoms with Crippen molar-refractivity contribution in [2.75, 3.05) is 6.26 Å².